The zero-order chi connectivity index (χ0) is 14.6. The monoisotopic (exact) mass is 281 g/mol. The summed E-state index contributed by atoms with van der Waals surface area (Å²) in [5, 5.41) is 22.8. The van der Waals surface area contributed by atoms with Crippen molar-refractivity contribution >= 4 is 17.5 Å². The van der Waals surface area contributed by atoms with Crippen molar-refractivity contribution < 1.29 is 19.6 Å². The van der Waals surface area contributed by atoms with E-state index in [0.717, 1.165) is 6.20 Å². The summed E-state index contributed by atoms with van der Waals surface area (Å²) in [5.74, 6) is -0.446. The van der Waals surface area contributed by atoms with Gasteiger partial charge in [-0.2, -0.15) is 0 Å². The summed E-state index contributed by atoms with van der Waals surface area (Å²) < 4.78 is 5.19. The summed E-state index contributed by atoms with van der Waals surface area (Å²) in [5.41, 5.74) is -0.976. The third-order valence-corrected chi connectivity index (χ3v) is 3.47. The quantitative estimate of drug-likeness (QED) is 0.617. The van der Waals surface area contributed by atoms with Gasteiger partial charge in [0.05, 0.1) is 10.3 Å². The van der Waals surface area contributed by atoms with E-state index in [1.807, 2.05) is 0 Å². The summed E-state index contributed by atoms with van der Waals surface area (Å²) >= 11 is 0. The fourth-order valence-electron chi connectivity index (χ4n) is 2.09. The summed E-state index contributed by atoms with van der Waals surface area (Å²) in [6, 6.07) is 2.79. The average molecular weight is 281 g/mol. The molecule has 8 heteroatoms. The van der Waals surface area contributed by atoms with Crippen LogP contribution in [0.15, 0.2) is 18.3 Å². The molecule has 2 N–H and O–H groups in total. The predicted octanol–water partition coefficient (Wildman–Crippen LogP) is 1.28. The van der Waals surface area contributed by atoms with Crippen LogP contribution in [0.5, 0.6) is 0 Å². The number of ether oxygens (including phenoxy) is 1. The molecule has 1 aliphatic heterocycles. The Balaban J connectivity index is 2.02. The Kier molecular flexibility index (Phi) is 4.14. The van der Waals surface area contributed by atoms with Crippen molar-refractivity contribution in [3.63, 3.8) is 0 Å². The largest absolute Gasteiger partial charge is 0.481 e. The number of nitro groups is 1. The Hall–Kier alpha value is -2.22. The molecule has 1 fully saturated rings. The van der Waals surface area contributed by atoms with E-state index in [-0.39, 0.29) is 12.2 Å². The number of rotatable bonds is 5. The van der Waals surface area contributed by atoms with Gasteiger partial charge in [-0.25, -0.2) is 4.98 Å². The Bertz CT molecular complexity index is 496. The molecular formula is C12H15N3O5. The minimum absolute atomic E-state index is 0.102. The van der Waals surface area contributed by atoms with E-state index in [0.29, 0.717) is 31.9 Å². The number of carboxylic acid groups (broad SMARTS) is 1. The number of aliphatic carboxylic acids is 1. The summed E-state index contributed by atoms with van der Waals surface area (Å²) in [4.78, 5) is 25.3. The first kappa shape index (κ1) is 14.2. The molecule has 0 radical (unpaired) electrons. The molecule has 0 unspecified atom stereocenters. The summed E-state index contributed by atoms with van der Waals surface area (Å²) in [6.45, 7) is 1.06. The maximum atomic E-state index is 11.4. The second kappa shape index (κ2) is 5.83. The van der Waals surface area contributed by atoms with Gasteiger partial charge in [-0.1, -0.05) is 0 Å². The van der Waals surface area contributed by atoms with E-state index < -0.39 is 16.3 Å². The number of pyridine rings is 1. The zero-order valence-corrected chi connectivity index (χ0v) is 10.7. The van der Waals surface area contributed by atoms with Gasteiger partial charge in [0.2, 0.25) is 0 Å². The number of nitrogens with one attached hydrogen (secondary N) is 1. The molecule has 2 heterocycles. The van der Waals surface area contributed by atoms with Crippen molar-refractivity contribution in [3.05, 3.63) is 28.4 Å². The van der Waals surface area contributed by atoms with Crippen LogP contribution >= 0.6 is 0 Å². The van der Waals surface area contributed by atoms with Gasteiger partial charge < -0.3 is 15.2 Å². The third-order valence-electron chi connectivity index (χ3n) is 3.47. The highest BCUT2D eigenvalue weighted by Crippen LogP contribution is 2.31. The smallest absolute Gasteiger partial charge is 0.311 e. The fourth-order valence-corrected chi connectivity index (χ4v) is 2.09. The molecule has 0 aliphatic carbocycles. The Labute approximate surface area is 114 Å². The number of anilines is 1. The van der Waals surface area contributed by atoms with Crippen LogP contribution in [-0.2, 0) is 9.53 Å². The molecule has 0 saturated carbocycles. The van der Waals surface area contributed by atoms with Gasteiger partial charge in [-0.3, -0.25) is 14.9 Å². The molecule has 0 aromatic carbocycles. The van der Waals surface area contributed by atoms with Crippen LogP contribution in [0.1, 0.15) is 12.8 Å². The van der Waals surface area contributed by atoms with Gasteiger partial charge in [0.1, 0.15) is 12.0 Å². The molecule has 8 nitrogen and oxygen atoms in total. The lowest BCUT2D eigenvalue weighted by Crippen LogP contribution is -2.42. The maximum Gasteiger partial charge on any atom is 0.311 e. The van der Waals surface area contributed by atoms with E-state index in [2.05, 4.69) is 10.3 Å². The van der Waals surface area contributed by atoms with Crippen molar-refractivity contribution in [1.29, 1.82) is 0 Å². The Morgan fingerprint density at radius 1 is 1.50 bits per heavy atom. The highest BCUT2D eigenvalue weighted by Gasteiger charge is 2.40. The molecule has 0 spiro atoms. The number of hydrogen-bond donors (Lipinski definition) is 2. The van der Waals surface area contributed by atoms with E-state index >= 15 is 0 Å². The van der Waals surface area contributed by atoms with E-state index in [1.54, 1.807) is 0 Å². The Morgan fingerprint density at radius 3 is 2.70 bits per heavy atom. The highest BCUT2D eigenvalue weighted by atomic mass is 16.6. The van der Waals surface area contributed by atoms with Gasteiger partial charge in [0.15, 0.2) is 0 Å². The number of carbonyl (C=O) groups is 1. The zero-order valence-electron chi connectivity index (χ0n) is 10.7. The normalized spacial score (nSPS) is 17.4. The van der Waals surface area contributed by atoms with Crippen molar-refractivity contribution in [2.24, 2.45) is 5.41 Å². The molecule has 2 rings (SSSR count). The third kappa shape index (κ3) is 3.02. The van der Waals surface area contributed by atoms with Crippen LogP contribution in [0.3, 0.4) is 0 Å². The maximum absolute atomic E-state index is 11.4. The number of aromatic nitrogens is 1. The minimum Gasteiger partial charge on any atom is -0.481 e. The molecule has 1 aromatic heterocycles. The van der Waals surface area contributed by atoms with Gasteiger partial charge >= 0.3 is 5.97 Å². The van der Waals surface area contributed by atoms with E-state index in [1.165, 1.54) is 12.1 Å². The molecule has 0 amide bonds. The van der Waals surface area contributed by atoms with Crippen LogP contribution < -0.4 is 5.32 Å². The minimum atomic E-state index is -0.873. The van der Waals surface area contributed by atoms with Gasteiger partial charge in [0.25, 0.3) is 5.69 Å². The van der Waals surface area contributed by atoms with Gasteiger partial charge in [-0.15, -0.1) is 0 Å². The molecule has 20 heavy (non-hydrogen) atoms. The van der Waals surface area contributed by atoms with Crippen molar-refractivity contribution in [2.75, 3.05) is 25.1 Å². The standard InChI is InChI=1S/C12H15N3O5/c16-11(17)12(3-5-20-6-4-12)8-14-10-2-1-9(7-13-10)15(18)19/h1-2,7H,3-6,8H2,(H,13,14)(H,16,17). The summed E-state index contributed by atoms with van der Waals surface area (Å²) in [6.07, 6.45) is 2.00. The first-order valence-corrected chi connectivity index (χ1v) is 6.19. The lowest BCUT2D eigenvalue weighted by molar-refractivity contribution is -0.385. The topological polar surface area (TPSA) is 115 Å². The number of carboxylic acids is 1. The number of hydrogen-bond acceptors (Lipinski definition) is 6. The molecule has 1 saturated heterocycles. The molecule has 0 bridgehead atoms. The van der Waals surface area contributed by atoms with E-state index in [9.17, 15) is 20.0 Å². The van der Waals surface area contributed by atoms with Crippen LogP contribution in [0.25, 0.3) is 0 Å². The van der Waals surface area contributed by atoms with Gasteiger partial charge in [0, 0.05) is 25.8 Å². The van der Waals surface area contributed by atoms with Crippen LogP contribution in [-0.4, -0.2) is 40.7 Å². The lowest BCUT2D eigenvalue weighted by Gasteiger charge is -2.33. The van der Waals surface area contributed by atoms with E-state index in [4.69, 9.17) is 4.74 Å². The summed E-state index contributed by atoms with van der Waals surface area (Å²) in [7, 11) is 0. The lowest BCUT2D eigenvalue weighted by atomic mass is 9.80. The van der Waals surface area contributed by atoms with Gasteiger partial charge in [-0.05, 0) is 18.9 Å². The number of nitrogens with zero attached hydrogens (tertiary/aromatic N) is 2. The van der Waals surface area contributed by atoms with Crippen molar-refractivity contribution in [3.8, 4) is 0 Å². The molecule has 0 atom stereocenters. The average Bonchev–Trinajstić information content (AvgIpc) is 2.46. The van der Waals surface area contributed by atoms with Crippen molar-refractivity contribution in [1.82, 2.24) is 4.98 Å². The van der Waals surface area contributed by atoms with Crippen molar-refractivity contribution in [2.45, 2.75) is 12.8 Å². The highest BCUT2D eigenvalue weighted by molar-refractivity contribution is 5.75. The Morgan fingerprint density at radius 2 is 2.20 bits per heavy atom. The van der Waals surface area contributed by atoms with Crippen LogP contribution in [0.4, 0.5) is 11.5 Å². The first-order valence-electron chi connectivity index (χ1n) is 6.19. The predicted molar refractivity (Wildman–Crippen MR) is 69.5 cm³/mol. The molecule has 108 valence electrons. The SMILES string of the molecule is O=C(O)C1(CNc2ccc([N+](=O)[O-])cn2)CCOCC1. The fraction of sp³-hybridized carbons (Fsp3) is 0.500. The molecule has 1 aromatic rings. The van der Waals surface area contributed by atoms with Crippen LogP contribution in [0.2, 0.25) is 0 Å². The molecular weight excluding hydrogens is 266 g/mol. The second-order valence-corrected chi connectivity index (χ2v) is 4.71. The van der Waals surface area contributed by atoms with Crippen LogP contribution in [0, 0.1) is 15.5 Å². The first-order chi connectivity index (χ1) is 9.53. The second-order valence-electron chi connectivity index (χ2n) is 4.71. The molecule has 1 aliphatic rings.